The summed E-state index contributed by atoms with van der Waals surface area (Å²) in [5.41, 5.74) is 0.885. The quantitative estimate of drug-likeness (QED) is 0.878. The number of methoxy groups -OCH3 is 1. The molecule has 1 aromatic rings. The van der Waals surface area contributed by atoms with Crippen LogP contribution in [-0.2, 0) is 10.0 Å². The number of hydrogen-bond acceptors (Lipinski definition) is 3. The Morgan fingerprint density at radius 3 is 2.59 bits per heavy atom. The van der Waals surface area contributed by atoms with Crippen LogP contribution in [0.2, 0.25) is 0 Å². The maximum atomic E-state index is 12.1. The van der Waals surface area contributed by atoms with Gasteiger partial charge in [-0.3, -0.25) is 0 Å². The van der Waals surface area contributed by atoms with Crippen molar-refractivity contribution in [2.24, 2.45) is 0 Å². The maximum Gasteiger partial charge on any atom is 0.244 e. The van der Waals surface area contributed by atoms with E-state index in [2.05, 4.69) is 4.72 Å². The molecule has 0 unspecified atom stereocenters. The van der Waals surface area contributed by atoms with E-state index in [0.29, 0.717) is 5.75 Å². The summed E-state index contributed by atoms with van der Waals surface area (Å²) >= 11 is 0. The average molecular weight is 257 g/mol. The van der Waals surface area contributed by atoms with Crippen molar-refractivity contribution >= 4 is 10.0 Å². The monoisotopic (exact) mass is 257 g/mol. The largest absolute Gasteiger partial charge is 0.495 e. The molecule has 0 saturated heterocycles. The van der Waals surface area contributed by atoms with Crippen molar-refractivity contribution < 1.29 is 13.2 Å². The first-order valence-corrected chi connectivity index (χ1v) is 7.06. The Kier molecular flexibility index (Phi) is 4.54. The second-order valence-electron chi connectivity index (χ2n) is 4.08. The lowest BCUT2D eigenvalue weighted by atomic mass is 10.2. The molecule has 0 fully saturated rings. The Hall–Kier alpha value is -1.07. The van der Waals surface area contributed by atoms with E-state index in [4.69, 9.17) is 4.74 Å². The standard InChI is InChI=1S/C12H19NO3S/c1-5-10(3)13-17(14,15)12-8-9(2)6-7-11(12)16-4/h6-8,10,13H,5H2,1-4H3/t10-/m0/s1. The molecule has 96 valence electrons. The van der Waals surface area contributed by atoms with Crippen molar-refractivity contribution in [2.45, 2.75) is 38.1 Å². The van der Waals surface area contributed by atoms with E-state index in [-0.39, 0.29) is 10.9 Å². The normalized spacial score (nSPS) is 13.4. The van der Waals surface area contributed by atoms with Crippen molar-refractivity contribution in [2.75, 3.05) is 7.11 Å². The van der Waals surface area contributed by atoms with E-state index in [1.165, 1.54) is 7.11 Å². The number of benzene rings is 1. The van der Waals surface area contributed by atoms with Crippen LogP contribution in [0, 0.1) is 6.92 Å². The lowest BCUT2D eigenvalue weighted by Crippen LogP contribution is -2.32. The van der Waals surface area contributed by atoms with Crippen molar-refractivity contribution in [1.82, 2.24) is 4.72 Å². The van der Waals surface area contributed by atoms with E-state index in [1.54, 1.807) is 12.1 Å². The van der Waals surface area contributed by atoms with Gasteiger partial charge in [0, 0.05) is 6.04 Å². The van der Waals surface area contributed by atoms with Gasteiger partial charge in [0.15, 0.2) is 0 Å². The molecule has 0 aliphatic carbocycles. The predicted molar refractivity (Wildman–Crippen MR) is 67.8 cm³/mol. The van der Waals surface area contributed by atoms with E-state index < -0.39 is 10.0 Å². The Balaban J connectivity index is 3.18. The summed E-state index contributed by atoms with van der Waals surface area (Å²) in [7, 11) is -2.05. The van der Waals surface area contributed by atoms with Gasteiger partial charge in [-0.25, -0.2) is 13.1 Å². The van der Waals surface area contributed by atoms with Gasteiger partial charge in [-0.05, 0) is 38.0 Å². The van der Waals surface area contributed by atoms with Crippen LogP contribution in [-0.4, -0.2) is 21.6 Å². The SMILES string of the molecule is CC[C@H](C)NS(=O)(=O)c1cc(C)ccc1OC. The van der Waals surface area contributed by atoms with E-state index in [1.807, 2.05) is 26.8 Å². The third-order valence-corrected chi connectivity index (χ3v) is 4.19. The molecule has 0 spiro atoms. The van der Waals surface area contributed by atoms with Gasteiger partial charge in [-0.2, -0.15) is 0 Å². The molecule has 0 aliphatic rings. The molecule has 0 saturated carbocycles. The number of ether oxygens (including phenoxy) is 1. The lowest BCUT2D eigenvalue weighted by molar-refractivity contribution is 0.402. The minimum atomic E-state index is -3.51. The Morgan fingerprint density at radius 2 is 2.06 bits per heavy atom. The molecular weight excluding hydrogens is 238 g/mol. The van der Waals surface area contributed by atoms with Crippen LogP contribution >= 0.6 is 0 Å². The average Bonchev–Trinajstić information content (AvgIpc) is 2.28. The second kappa shape index (κ2) is 5.51. The summed E-state index contributed by atoms with van der Waals surface area (Å²) in [6, 6.07) is 5.01. The highest BCUT2D eigenvalue weighted by molar-refractivity contribution is 7.89. The van der Waals surface area contributed by atoms with Crippen LogP contribution in [0.5, 0.6) is 5.75 Å². The molecule has 0 aromatic heterocycles. The van der Waals surface area contributed by atoms with Gasteiger partial charge < -0.3 is 4.74 Å². The number of rotatable bonds is 5. The summed E-state index contributed by atoms with van der Waals surface area (Å²) < 4.78 is 32.0. The first-order chi connectivity index (χ1) is 7.90. The molecule has 0 radical (unpaired) electrons. The predicted octanol–water partition coefficient (Wildman–Crippen LogP) is 2.08. The number of nitrogens with one attached hydrogen (secondary N) is 1. The van der Waals surface area contributed by atoms with Crippen molar-refractivity contribution in [1.29, 1.82) is 0 Å². The molecule has 1 rings (SSSR count). The van der Waals surface area contributed by atoms with Gasteiger partial charge in [-0.15, -0.1) is 0 Å². The fraction of sp³-hybridized carbons (Fsp3) is 0.500. The molecule has 1 N–H and O–H groups in total. The second-order valence-corrected chi connectivity index (χ2v) is 5.77. The van der Waals surface area contributed by atoms with Crippen LogP contribution in [0.4, 0.5) is 0 Å². The molecule has 4 nitrogen and oxygen atoms in total. The Labute approximate surface area is 103 Å². The van der Waals surface area contributed by atoms with Crippen LogP contribution in [0.1, 0.15) is 25.8 Å². The van der Waals surface area contributed by atoms with Gasteiger partial charge in [0.05, 0.1) is 7.11 Å². The first-order valence-electron chi connectivity index (χ1n) is 5.57. The number of hydrogen-bond donors (Lipinski definition) is 1. The fourth-order valence-electron chi connectivity index (χ4n) is 1.41. The van der Waals surface area contributed by atoms with Crippen molar-refractivity contribution in [3.05, 3.63) is 23.8 Å². The summed E-state index contributed by atoms with van der Waals surface area (Å²) in [4.78, 5) is 0.195. The van der Waals surface area contributed by atoms with Gasteiger partial charge in [-0.1, -0.05) is 13.0 Å². The summed E-state index contributed by atoms with van der Waals surface area (Å²) in [6.07, 6.45) is 0.743. The third-order valence-electron chi connectivity index (χ3n) is 2.58. The van der Waals surface area contributed by atoms with E-state index >= 15 is 0 Å². The highest BCUT2D eigenvalue weighted by Crippen LogP contribution is 2.24. The molecule has 1 atom stereocenters. The lowest BCUT2D eigenvalue weighted by Gasteiger charge is -2.14. The zero-order valence-electron chi connectivity index (χ0n) is 10.6. The van der Waals surface area contributed by atoms with Gasteiger partial charge in [0.25, 0.3) is 0 Å². The van der Waals surface area contributed by atoms with Crippen LogP contribution < -0.4 is 9.46 Å². The fourth-order valence-corrected chi connectivity index (χ4v) is 2.99. The molecule has 0 amide bonds. The molecular formula is C12H19NO3S. The van der Waals surface area contributed by atoms with E-state index in [0.717, 1.165) is 12.0 Å². The molecule has 0 bridgehead atoms. The first kappa shape index (κ1) is 14.0. The van der Waals surface area contributed by atoms with Crippen LogP contribution in [0.3, 0.4) is 0 Å². The highest BCUT2D eigenvalue weighted by atomic mass is 32.2. The highest BCUT2D eigenvalue weighted by Gasteiger charge is 2.21. The number of aryl methyl sites for hydroxylation is 1. The minimum absolute atomic E-state index is 0.0924. The van der Waals surface area contributed by atoms with Gasteiger partial charge >= 0.3 is 0 Å². The smallest absolute Gasteiger partial charge is 0.244 e. The van der Waals surface area contributed by atoms with Gasteiger partial charge in [0.2, 0.25) is 10.0 Å². The molecule has 0 aliphatic heterocycles. The number of sulfonamides is 1. The summed E-state index contributed by atoms with van der Waals surface area (Å²) in [5.74, 6) is 0.367. The maximum absolute atomic E-state index is 12.1. The van der Waals surface area contributed by atoms with E-state index in [9.17, 15) is 8.42 Å². The topological polar surface area (TPSA) is 55.4 Å². The minimum Gasteiger partial charge on any atom is -0.495 e. The molecule has 5 heteroatoms. The molecule has 17 heavy (non-hydrogen) atoms. The zero-order valence-corrected chi connectivity index (χ0v) is 11.5. The third kappa shape index (κ3) is 3.44. The van der Waals surface area contributed by atoms with Crippen molar-refractivity contribution in [3.63, 3.8) is 0 Å². The molecule has 1 aromatic carbocycles. The Bertz CT molecular complexity index is 483. The van der Waals surface area contributed by atoms with Gasteiger partial charge in [0.1, 0.15) is 10.6 Å². The summed E-state index contributed by atoms with van der Waals surface area (Å²) in [6.45, 7) is 5.61. The molecule has 0 heterocycles. The van der Waals surface area contributed by atoms with Crippen LogP contribution in [0.25, 0.3) is 0 Å². The zero-order chi connectivity index (χ0) is 13.1. The Morgan fingerprint density at radius 1 is 1.41 bits per heavy atom. The van der Waals surface area contributed by atoms with Crippen molar-refractivity contribution in [3.8, 4) is 5.75 Å². The van der Waals surface area contributed by atoms with Crippen LogP contribution in [0.15, 0.2) is 23.1 Å². The summed E-state index contributed by atoms with van der Waals surface area (Å²) in [5, 5.41) is 0.